The van der Waals surface area contributed by atoms with Gasteiger partial charge in [-0.3, -0.25) is 10.1 Å². The van der Waals surface area contributed by atoms with Crippen LogP contribution >= 0.6 is 0 Å². The lowest BCUT2D eigenvalue weighted by Crippen LogP contribution is -2.43. The highest BCUT2D eigenvalue weighted by Gasteiger charge is 2.10. The SMILES string of the molecule is CC(C)NC(=O)NC(=O)Cn1cc(CCCCN)nn1. The first-order chi connectivity index (χ1) is 9.51. The molecule has 8 nitrogen and oxygen atoms in total. The van der Waals surface area contributed by atoms with E-state index in [0.29, 0.717) is 6.54 Å². The largest absolute Gasteiger partial charge is 0.336 e. The van der Waals surface area contributed by atoms with E-state index < -0.39 is 11.9 Å². The van der Waals surface area contributed by atoms with Crippen molar-refractivity contribution in [1.82, 2.24) is 25.6 Å². The predicted octanol–water partition coefficient (Wildman–Crippen LogP) is -0.206. The van der Waals surface area contributed by atoms with Crippen molar-refractivity contribution >= 4 is 11.9 Å². The van der Waals surface area contributed by atoms with Crippen LogP contribution < -0.4 is 16.4 Å². The van der Waals surface area contributed by atoms with E-state index in [2.05, 4.69) is 20.9 Å². The molecule has 1 aromatic heterocycles. The van der Waals surface area contributed by atoms with Crippen molar-refractivity contribution in [1.29, 1.82) is 0 Å². The Morgan fingerprint density at radius 3 is 2.80 bits per heavy atom. The maximum atomic E-state index is 11.6. The molecule has 1 aromatic rings. The van der Waals surface area contributed by atoms with Crippen molar-refractivity contribution in [3.8, 4) is 0 Å². The van der Waals surface area contributed by atoms with Crippen LogP contribution in [0.15, 0.2) is 6.20 Å². The Bertz CT molecular complexity index is 443. The number of amides is 3. The Labute approximate surface area is 118 Å². The molecule has 4 N–H and O–H groups in total. The molecule has 20 heavy (non-hydrogen) atoms. The standard InChI is InChI=1S/C12H22N6O2/c1-9(2)14-12(20)15-11(19)8-18-7-10(16-17-18)5-3-4-6-13/h7,9H,3-6,8,13H2,1-2H3,(H2,14,15,19,20). The first-order valence-electron chi connectivity index (χ1n) is 6.70. The Morgan fingerprint density at radius 2 is 2.15 bits per heavy atom. The minimum atomic E-state index is -0.506. The fourth-order valence-electron chi connectivity index (χ4n) is 1.59. The molecule has 0 aliphatic heterocycles. The lowest BCUT2D eigenvalue weighted by Gasteiger charge is -2.08. The maximum Gasteiger partial charge on any atom is 0.321 e. The van der Waals surface area contributed by atoms with Crippen LogP contribution in [0, 0.1) is 0 Å². The minimum Gasteiger partial charge on any atom is -0.336 e. The van der Waals surface area contributed by atoms with Crippen LogP contribution in [-0.4, -0.2) is 39.5 Å². The van der Waals surface area contributed by atoms with E-state index in [1.165, 1.54) is 4.68 Å². The number of carbonyl (C=O) groups excluding carboxylic acids is 2. The van der Waals surface area contributed by atoms with Crippen molar-refractivity contribution in [2.45, 2.75) is 45.7 Å². The Kier molecular flexibility index (Phi) is 6.65. The summed E-state index contributed by atoms with van der Waals surface area (Å²) in [5.41, 5.74) is 6.23. The molecule has 3 amide bonds. The number of nitrogens with one attached hydrogen (secondary N) is 2. The van der Waals surface area contributed by atoms with E-state index >= 15 is 0 Å². The van der Waals surface area contributed by atoms with Crippen molar-refractivity contribution in [2.24, 2.45) is 5.73 Å². The average Bonchev–Trinajstić information content (AvgIpc) is 2.75. The number of hydrogen-bond acceptors (Lipinski definition) is 5. The van der Waals surface area contributed by atoms with Gasteiger partial charge in [0.05, 0.1) is 5.69 Å². The molecule has 1 rings (SSSR count). The first-order valence-corrected chi connectivity index (χ1v) is 6.70. The quantitative estimate of drug-likeness (QED) is 0.599. The zero-order valence-electron chi connectivity index (χ0n) is 11.9. The molecule has 0 aliphatic rings. The molecule has 0 unspecified atom stereocenters. The number of unbranched alkanes of at least 4 members (excludes halogenated alkanes) is 1. The Morgan fingerprint density at radius 1 is 1.40 bits per heavy atom. The number of rotatable bonds is 7. The third-order valence-corrected chi connectivity index (χ3v) is 2.45. The second kappa shape index (κ2) is 8.26. The van der Waals surface area contributed by atoms with Crippen molar-refractivity contribution < 1.29 is 9.59 Å². The number of nitrogens with two attached hydrogens (primary N) is 1. The summed E-state index contributed by atoms with van der Waals surface area (Å²) in [4.78, 5) is 22.9. The number of hydrogen-bond donors (Lipinski definition) is 3. The van der Waals surface area contributed by atoms with Gasteiger partial charge in [0.15, 0.2) is 0 Å². The summed E-state index contributed by atoms with van der Waals surface area (Å²) in [5.74, 6) is -0.429. The van der Waals surface area contributed by atoms with Crippen LogP contribution in [-0.2, 0) is 17.8 Å². The highest BCUT2D eigenvalue weighted by molar-refractivity contribution is 5.94. The van der Waals surface area contributed by atoms with E-state index in [1.54, 1.807) is 6.20 Å². The van der Waals surface area contributed by atoms with Gasteiger partial charge in [0, 0.05) is 12.2 Å². The van der Waals surface area contributed by atoms with E-state index in [-0.39, 0.29) is 12.6 Å². The molecule has 0 saturated carbocycles. The summed E-state index contributed by atoms with van der Waals surface area (Å²) in [5, 5.41) is 12.6. The molecule has 0 bridgehead atoms. The third kappa shape index (κ3) is 6.28. The molecular weight excluding hydrogens is 260 g/mol. The van der Waals surface area contributed by atoms with Gasteiger partial charge >= 0.3 is 6.03 Å². The van der Waals surface area contributed by atoms with Gasteiger partial charge in [0.2, 0.25) is 5.91 Å². The van der Waals surface area contributed by atoms with Gasteiger partial charge in [-0.15, -0.1) is 5.10 Å². The lowest BCUT2D eigenvalue weighted by molar-refractivity contribution is -0.120. The monoisotopic (exact) mass is 282 g/mol. The van der Waals surface area contributed by atoms with Crippen LogP contribution in [0.4, 0.5) is 4.79 Å². The van der Waals surface area contributed by atoms with E-state index in [0.717, 1.165) is 25.0 Å². The highest BCUT2D eigenvalue weighted by atomic mass is 16.2. The van der Waals surface area contributed by atoms with E-state index in [9.17, 15) is 9.59 Å². The minimum absolute atomic E-state index is 0.0247. The van der Waals surface area contributed by atoms with Gasteiger partial charge in [-0.25, -0.2) is 9.48 Å². The van der Waals surface area contributed by atoms with Crippen molar-refractivity contribution in [3.63, 3.8) is 0 Å². The van der Waals surface area contributed by atoms with Crippen molar-refractivity contribution in [2.75, 3.05) is 6.54 Å². The number of urea groups is 1. The number of carbonyl (C=O) groups is 2. The number of aromatic nitrogens is 3. The molecule has 0 radical (unpaired) electrons. The molecule has 1 heterocycles. The van der Waals surface area contributed by atoms with E-state index in [4.69, 9.17) is 5.73 Å². The smallest absolute Gasteiger partial charge is 0.321 e. The van der Waals surface area contributed by atoms with Gasteiger partial charge in [0.1, 0.15) is 6.54 Å². The molecule has 0 aliphatic carbocycles. The third-order valence-electron chi connectivity index (χ3n) is 2.45. The number of nitrogens with zero attached hydrogens (tertiary/aromatic N) is 3. The second-order valence-electron chi connectivity index (χ2n) is 4.83. The average molecular weight is 282 g/mol. The van der Waals surface area contributed by atoms with Crippen LogP contribution in [0.25, 0.3) is 0 Å². The lowest BCUT2D eigenvalue weighted by atomic mass is 10.2. The van der Waals surface area contributed by atoms with Crippen LogP contribution in [0.2, 0.25) is 0 Å². The van der Waals surface area contributed by atoms with Gasteiger partial charge in [0.25, 0.3) is 0 Å². The summed E-state index contributed by atoms with van der Waals surface area (Å²) in [6.07, 6.45) is 4.37. The summed E-state index contributed by atoms with van der Waals surface area (Å²) < 4.78 is 1.41. The van der Waals surface area contributed by atoms with Gasteiger partial charge < -0.3 is 11.1 Å². The van der Waals surface area contributed by atoms with E-state index in [1.807, 2.05) is 13.8 Å². The zero-order chi connectivity index (χ0) is 15.0. The fourth-order valence-corrected chi connectivity index (χ4v) is 1.59. The van der Waals surface area contributed by atoms with Crippen LogP contribution in [0.5, 0.6) is 0 Å². The molecule has 0 saturated heterocycles. The van der Waals surface area contributed by atoms with Gasteiger partial charge in [-0.2, -0.15) is 0 Å². The highest BCUT2D eigenvalue weighted by Crippen LogP contribution is 2.00. The normalized spacial score (nSPS) is 10.6. The first kappa shape index (κ1) is 16.1. The van der Waals surface area contributed by atoms with Gasteiger partial charge in [-0.05, 0) is 39.7 Å². The Hall–Kier alpha value is -1.96. The van der Waals surface area contributed by atoms with Crippen LogP contribution in [0.3, 0.4) is 0 Å². The maximum absolute atomic E-state index is 11.6. The molecule has 0 spiro atoms. The zero-order valence-corrected chi connectivity index (χ0v) is 11.9. The molecule has 0 atom stereocenters. The molecule has 0 aromatic carbocycles. The van der Waals surface area contributed by atoms with Crippen molar-refractivity contribution in [3.05, 3.63) is 11.9 Å². The molecule has 8 heteroatoms. The second-order valence-corrected chi connectivity index (χ2v) is 4.83. The number of aryl methyl sites for hydroxylation is 1. The summed E-state index contributed by atoms with van der Waals surface area (Å²) >= 11 is 0. The summed E-state index contributed by atoms with van der Waals surface area (Å²) in [6, 6.07) is -0.531. The fraction of sp³-hybridized carbons (Fsp3) is 0.667. The summed E-state index contributed by atoms with van der Waals surface area (Å²) in [7, 11) is 0. The Balaban J connectivity index is 2.36. The summed E-state index contributed by atoms with van der Waals surface area (Å²) in [6.45, 7) is 4.25. The van der Waals surface area contributed by atoms with Crippen LogP contribution in [0.1, 0.15) is 32.4 Å². The predicted molar refractivity (Wildman–Crippen MR) is 73.8 cm³/mol. The topological polar surface area (TPSA) is 115 Å². The molecule has 112 valence electrons. The number of imide groups is 1. The van der Waals surface area contributed by atoms with Gasteiger partial charge in [-0.1, -0.05) is 5.21 Å². The molecular formula is C12H22N6O2. The molecule has 0 fully saturated rings.